The lowest BCUT2D eigenvalue weighted by Crippen LogP contribution is -1.90. The number of benzene rings is 1. The summed E-state index contributed by atoms with van der Waals surface area (Å²) in [4.78, 5) is 0. The molecule has 5 nitrogen and oxygen atoms in total. The Labute approximate surface area is 131 Å². The fourth-order valence-electron chi connectivity index (χ4n) is 2.30. The van der Waals surface area contributed by atoms with E-state index in [1.165, 1.54) is 0 Å². The van der Waals surface area contributed by atoms with Gasteiger partial charge in [0, 0.05) is 24.4 Å². The topological polar surface area (TPSA) is 69.9 Å². The quantitative estimate of drug-likeness (QED) is 0.775. The van der Waals surface area contributed by atoms with Crippen molar-refractivity contribution < 1.29 is 4.52 Å². The number of halogens is 2. The van der Waals surface area contributed by atoms with Gasteiger partial charge in [0.05, 0.1) is 21.3 Å². The maximum absolute atomic E-state index is 6.27. The highest BCUT2D eigenvalue weighted by Crippen LogP contribution is 2.43. The van der Waals surface area contributed by atoms with Gasteiger partial charge < -0.3 is 10.3 Å². The molecule has 3 aromatic rings. The maximum atomic E-state index is 6.27. The molecule has 0 aliphatic rings. The zero-order chi connectivity index (χ0) is 15.1. The molecule has 0 fully saturated rings. The summed E-state index contributed by atoms with van der Waals surface area (Å²) in [5.41, 5.74) is 9.34. The standard InChI is InChI=1S/C14H12Cl2N4O/c1-7-8(6-20(2)18-7)13-12(14(17)21-19-13)11-9(15)4-3-5-10(11)16/h3-6H,17H2,1-2H3. The number of nitrogens with two attached hydrogens (primary N) is 1. The molecular formula is C14H12Cl2N4O. The van der Waals surface area contributed by atoms with Gasteiger partial charge in [0.2, 0.25) is 5.88 Å². The SMILES string of the molecule is Cc1nn(C)cc1-c1noc(N)c1-c1c(Cl)cccc1Cl. The number of hydrogen-bond donors (Lipinski definition) is 1. The van der Waals surface area contributed by atoms with Crippen LogP contribution in [0.5, 0.6) is 0 Å². The molecule has 0 spiro atoms. The van der Waals surface area contributed by atoms with Crippen molar-refractivity contribution in [3.8, 4) is 22.4 Å². The van der Waals surface area contributed by atoms with Crippen LogP contribution in [0.1, 0.15) is 5.69 Å². The minimum atomic E-state index is 0.170. The third-order valence-electron chi connectivity index (χ3n) is 3.20. The first kappa shape index (κ1) is 14.0. The van der Waals surface area contributed by atoms with Crippen molar-refractivity contribution in [3.63, 3.8) is 0 Å². The molecule has 0 bridgehead atoms. The molecule has 2 N–H and O–H groups in total. The summed E-state index contributed by atoms with van der Waals surface area (Å²) in [6, 6.07) is 5.26. The summed E-state index contributed by atoms with van der Waals surface area (Å²) in [6.07, 6.45) is 1.85. The maximum Gasteiger partial charge on any atom is 0.230 e. The predicted octanol–water partition coefficient (Wildman–Crippen LogP) is 3.94. The van der Waals surface area contributed by atoms with Crippen LogP contribution in [0.15, 0.2) is 28.9 Å². The number of nitrogen functional groups attached to an aromatic ring is 1. The number of hydrogen-bond acceptors (Lipinski definition) is 4. The van der Waals surface area contributed by atoms with Crippen molar-refractivity contribution >= 4 is 29.1 Å². The van der Waals surface area contributed by atoms with E-state index in [1.807, 2.05) is 20.2 Å². The minimum Gasteiger partial charge on any atom is -0.367 e. The van der Waals surface area contributed by atoms with E-state index in [0.29, 0.717) is 26.9 Å². The van der Waals surface area contributed by atoms with Crippen molar-refractivity contribution in [2.24, 2.45) is 7.05 Å². The lowest BCUT2D eigenvalue weighted by molar-refractivity contribution is 0.439. The van der Waals surface area contributed by atoms with E-state index in [4.69, 9.17) is 33.5 Å². The molecule has 2 aromatic heterocycles. The van der Waals surface area contributed by atoms with Crippen LogP contribution in [-0.4, -0.2) is 14.9 Å². The van der Waals surface area contributed by atoms with Gasteiger partial charge in [-0.05, 0) is 19.1 Å². The number of aromatic nitrogens is 3. The fraction of sp³-hybridized carbons (Fsp3) is 0.143. The molecule has 0 radical (unpaired) electrons. The first-order valence-corrected chi connectivity index (χ1v) is 6.94. The third kappa shape index (κ3) is 2.28. The summed E-state index contributed by atoms with van der Waals surface area (Å²) in [6.45, 7) is 1.89. The third-order valence-corrected chi connectivity index (χ3v) is 3.83. The lowest BCUT2D eigenvalue weighted by Gasteiger charge is -2.06. The largest absolute Gasteiger partial charge is 0.367 e. The van der Waals surface area contributed by atoms with Crippen LogP contribution in [0.4, 0.5) is 5.88 Å². The highest BCUT2D eigenvalue weighted by molar-refractivity contribution is 6.39. The van der Waals surface area contributed by atoms with Gasteiger partial charge in [0.15, 0.2) is 0 Å². The summed E-state index contributed by atoms with van der Waals surface area (Å²) in [5.74, 6) is 0.170. The van der Waals surface area contributed by atoms with Crippen LogP contribution in [0.2, 0.25) is 10.0 Å². The van der Waals surface area contributed by atoms with Crippen molar-refractivity contribution in [2.45, 2.75) is 6.92 Å². The number of anilines is 1. The van der Waals surface area contributed by atoms with E-state index in [-0.39, 0.29) is 5.88 Å². The van der Waals surface area contributed by atoms with Gasteiger partial charge in [-0.1, -0.05) is 34.4 Å². The highest BCUT2D eigenvalue weighted by atomic mass is 35.5. The van der Waals surface area contributed by atoms with E-state index in [1.54, 1.807) is 22.9 Å². The van der Waals surface area contributed by atoms with Gasteiger partial charge in [0.1, 0.15) is 5.69 Å². The summed E-state index contributed by atoms with van der Waals surface area (Å²) in [7, 11) is 1.84. The second-order valence-corrected chi connectivity index (χ2v) is 5.48. The molecule has 2 heterocycles. The molecule has 0 atom stereocenters. The Morgan fingerprint density at radius 1 is 1.19 bits per heavy atom. The van der Waals surface area contributed by atoms with Crippen molar-refractivity contribution in [1.29, 1.82) is 0 Å². The second kappa shape index (κ2) is 5.09. The molecule has 0 unspecified atom stereocenters. The van der Waals surface area contributed by atoms with Gasteiger partial charge in [-0.15, -0.1) is 0 Å². The van der Waals surface area contributed by atoms with Crippen LogP contribution in [0, 0.1) is 6.92 Å². The summed E-state index contributed by atoms with van der Waals surface area (Å²) >= 11 is 12.5. The average molecular weight is 323 g/mol. The molecule has 0 aliphatic carbocycles. The van der Waals surface area contributed by atoms with E-state index in [2.05, 4.69) is 10.3 Å². The minimum absolute atomic E-state index is 0.170. The van der Waals surface area contributed by atoms with Crippen molar-refractivity contribution in [1.82, 2.24) is 14.9 Å². The van der Waals surface area contributed by atoms with Crippen LogP contribution in [0.25, 0.3) is 22.4 Å². The Morgan fingerprint density at radius 2 is 1.86 bits per heavy atom. The molecule has 21 heavy (non-hydrogen) atoms. The second-order valence-electron chi connectivity index (χ2n) is 4.67. The lowest BCUT2D eigenvalue weighted by atomic mass is 10.0. The average Bonchev–Trinajstić information content (AvgIpc) is 2.93. The zero-order valence-corrected chi connectivity index (χ0v) is 12.9. The fourth-order valence-corrected chi connectivity index (χ4v) is 2.88. The van der Waals surface area contributed by atoms with Crippen LogP contribution < -0.4 is 5.73 Å². The predicted molar refractivity (Wildman–Crippen MR) is 83.3 cm³/mol. The molecule has 3 rings (SSSR count). The Hall–Kier alpha value is -1.98. The normalized spacial score (nSPS) is 11.0. The highest BCUT2D eigenvalue weighted by Gasteiger charge is 2.23. The van der Waals surface area contributed by atoms with Gasteiger partial charge in [0.25, 0.3) is 0 Å². The number of rotatable bonds is 2. The number of nitrogens with zero attached hydrogens (tertiary/aromatic N) is 3. The van der Waals surface area contributed by atoms with E-state index in [9.17, 15) is 0 Å². The number of aryl methyl sites for hydroxylation is 2. The smallest absolute Gasteiger partial charge is 0.230 e. The first-order chi connectivity index (χ1) is 9.99. The Balaban J connectivity index is 2.30. The van der Waals surface area contributed by atoms with E-state index >= 15 is 0 Å². The van der Waals surface area contributed by atoms with Crippen molar-refractivity contribution in [2.75, 3.05) is 5.73 Å². The molecular weight excluding hydrogens is 311 g/mol. The van der Waals surface area contributed by atoms with Gasteiger partial charge in [-0.25, -0.2) is 0 Å². The van der Waals surface area contributed by atoms with Gasteiger partial charge in [-0.2, -0.15) is 5.10 Å². The molecule has 0 amide bonds. The zero-order valence-electron chi connectivity index (χ0n) is 11.4. The summed E-state index contributed by atoms with van der Waals surface area (Å²) in [5, 5.41) is 9.33. The monoisotopic (exact) mass is 322 g/mol. The Bertz CT molecular complexity index is 802. The molecule has 108 valence electrons. The summed E-state index contributed by atoms with van der Waals surface area (Å²) < 4.78 is 6.85. The van der Waals surface area contributed by atoms with Crippen LogP contribution >= 0.6 is 23.2 Å². The molecule has 1 aromatic carbocycles. The van der Waals surface area contributed by atoms with Crippen LogP contribution in [0.3, 0.4) is 0 Å². The Kier molecular flexibility index (Phi) is 3.39. The first-order valence-electron chi connectivity index (χ1n) is 6.19. The molecule has 0 saturated heterocycles. The van der Waals surface area contributed by atoms with Gasteiger partial charge in [-0.3, -0.25) is 4.68 Å². The van der Waals surface area contributed by atoms with Crippen molar-refractivity contribution in [3.05, 3.63) is 40.1 Å². The van der Waals surface area contributed by atoms with E-state index < -0.39 is 0 Å². The van der Waals surface area contributed by atoms with E-state index in [0.717, 1.165) is 11.3 Å². The Morgan fingerprint density at radius 3 is 2.43 bits per heavy atom. The van der Waals surface area contributed by atoms with Crippen LogP contribution in [-0.2, 0) is 7.05 Å². The molecule has 7 heteroatoms. The van der Waals surface area contributed by atoms with Gasteiger partial charge >= 0.3 is 0 Å². The molecule has 0 saturated carbocycles. The molecule has 0 aliphatic heterocycles.